The van der Waals surface area contributed by atoms with Crippen LogP contribution in [0.1, 0.15) is 41.5 Å². The third kappa shape index (κ3) is 6.89. The van der Waals surface area contributed by atoms with E-state index in [9.17, 15) is 19.2 Å². The lowest BCUT2D eigenvalue weighted by atomic mass is 10.2. The number of nitrogens with zero attached hydrogens (tertiary/aromatic N) is 2. The predicted octanol–water partition coefficient (Wildman–Crippen LogP) is 0.766. The van der Waals surface area contributed by atoms with Crippen LogP contribution in [0.15, 0.2) is 0 Å². The van der Waals surface area contributed by atoms with Gasteiger partial charge in [0.05, 0.1) is 7.11 Å². The molecule has 0 heterocycles. The van der Waals surface area contributed by atoms with Crippen molar-refractivity contribution < 1.29 is 28.7 Å². The third-order valence-corrected chi connectivity index (χ3v) is 3.84. The van der Waals surface area contributed by atoms with E-state index in [-0.39, 0.29) is 0 Å². The van der Waals surface area contributed by atoms with Crippen molar-refractivity contribution in [3.8, 4) is 0 Å². The van der Waals surface area contributed by atoms with Crippen molar-refractivity contribution in [2.45, 2.75) is 65.3 Å². The molecule has 0 aliphatic heterocycles. The molecule has 0 aromatic carbocycles. The highest BCUT2D eigenvalue weighted by atomic mass is 16.6. The molecule has 0 aliphatic carbocycles. The lowest BCUT2D eigenvalue weighted by Crippen LogP contribution is -2.54. The number of carbonyl (C=O) groups excluding carboxylic acids is 4. The van der Waals surface area contributed by atoms with Crippen LogP contribution in [0.25, 0.3) is 0 Å². The zero-order valence-electron chi connectivity index (χ0n) is 17.1. The first-order chi connectivity index (χ1) is 11.7. The number of nitrogens with one attached hydrogen (secondary N) is 1. The van der Waals surface area contributed by atoms with Gasteiger partial charge in [0.25, 0.3) is 0 Å². The van der Waals surface area contributed by atoms with Crippen molar-refractivity contribution in [2.75, 3.05) is 21.2 Å². The summed E-state index contributed by atoms with van der Waals surface area (Å²) < 4.78 is 9.78. The Morgan fingerprint density at radius 1 is 0.923 bits per heavy atom. The van der Waals surface area contributed by atoms with Crippen LogP contribution in [0, 0.1) is 0 Å². The van der Waals surface area contributed by atoms with E-state index in [1.54, 1.807) is 27.7 Å². The fraction of sp³-hybridized carbons (Fsp3) is 0.765. The number of rotatable bonds is 6. The van der Waals surface area contributed by atoms with Gasteiger partial charge in [-0.2, -0.15) is 0 Å². The van der Waals surface area contributed by atoms with Gasteiger partial charge in [-0.1, -0.05) is 0 Å². The minimum atomic E-state index is -0.843. The molecule has 0 aliphatic rings. The van der Waals surface area contributed by atoms with E-state index in [0.29, 0.717) is 0 Å². The molecule has 0 aromatic rings. The summed E-state index contributed by atoms with van der Waals surface area (Å²) in [6.45, 7) is 9.74. The molecule has 1 N–H and O–H groups in total. The van der Waals surface area contributed by atoms with Gasteiger partial charge in [-0.3, -0.25) is 14.5 Å². The molecule has 0 bridgehead atoms. The maximum atomic E-state index is 12.6. The summed E-state index contributed by atoms with van der Waals surface area (Å²) >= 11 is 0. The summed E-state index contributed by atoms with van der Waals surface area (Å²) in [6.07, 6.45) is -0.636. The summed E-state index contributed by atoms with van der Waals surface area (Å²) in [4.78, 5) is 50.7. The van der Waals surface area contributed by atoms with Crippen molar-refractivity contribution >= 4 is 23.9 Å². The highest BCUT2D eigenvalue weighted by Gasteiger charge is 2.32. The van der Waals surface area contributed by atoms with Gasteiger partial charge in [0, 0.05) is 14.1 Å². The molecule has 0 saturated carbocycles. The second-order valence-electron chi connectivity index (χ2n) is 7.15. The van der Waals surface area contributed by atoms with Crippen LogP contribution in [-0.2, 0) is 23.9 Å². The monoisotopic (exact) mass is 373 g/mol. The Hall–Kier alpha value is -2.32. The van der Waals surface area contributed by atoms with Crippen LogP contribution in [0.2, 0.25) is 0 Å². The van der Waals surface area contributed by atoms with Gasteiger partial charge in [0.2, 0.25) is 11.8 Å². The summed E-state index contributed by atoms with van der Waals surface area (Å²) in [5.74, 6) is -1.53. The van der Waals surface area contributed by atoms with Crippen molar-refractivity contribution in [2.24, 2.45) is 0 Å². The van der Waals surface area contributed by atoms with Crippen LogP contribution < -0.4 is 5.32 Å². The van der Waals surface area contributed by atoms with Crippen LogP contribution in [0.4, 0.5) is 4.79 Å². The van der Waals surface area contributed by atoms with Crippen molar-refractivity contribution in [1.29, 1.82) is 0 Å². The number of amides is 3. The second kappa shape index (κ2) is 9.40. The Kier molecular flexibility index (Phi) is 8.56. The second-order valence-corrected chi connectivity index (χ2v) is 7.15. The topological polar surface area (TPSA) is 105 Å². The summed E-state index contributed by atoms with van der Waals surface area (Å²) in [6, 6.07) is -2.51. The molecule has 0 aromatic heterocycles. The minimum Gasteiger partial charge on any atom is -0.467 e. The SMILES string of the molecule is COC(=O)[C@@H](C)NC(=O)[C@@H](C)N(C)C(=O)[C@H](C)N(C)C(=O)OC(C)(C)C. The molecule has 150 valence electrons. The zero-order valence-corrected chi connectivity index (χ0v) is 17.1. The van der Waals surface area contributed by atoms with Gasteiger partial charge < -0.3 is 19.7 Å². The first-order valence-corrected chi connectivity index (χ1v) is 8.33. The van der Waals surface area contributed by atoms with E-state index in [1.165, 1.54) is 44.9 Å². The number of methoxy groups -OCH3 is 1. The molecule has 0 spiro atoms. The smallest absolute Gasteiger partial charge is 0.410 e. The molecule has 0 unspecified atom stereocenters. The van der Waals surface area contributed by atoms with E-state index in [1.807, 2.05) is 0 Å². The van der Waals surface area contributed by atoms with E-state index < -0.39 is 47.6 Å². The van der Waals surface area contributed by atoms with E-state index in [2.05, 4.69) is 10.1 Å². The quantitative estimate of drug-likeness (QED) is 0.690. The Morgan fingerprint density at radius 3 is 1.85 bits per heavy atom. The largest absolute Gasteiger partial charge is 0.467 e. The van der Waals surface area contributed by atoms with E-state index in [0.717, 1.165) is 0 Å². The Labute approximate surface area is 155 Å². The predicted molar refractivity (Wildman–Crippen MR) is 95.3 cm³/mol. The Balaban J connectivity index is 4.93. The molecular formula is C17H31N3O6. The summed E-state index contributed by atoms with van der Waals surface area (Å²) in [5, 5.41) is 2.48. The molecule has 9 heteroatoms. The molecule has 0 radical (unpaired) electrons. The average molecular weight is 373 g/mol. The first-order valence-electron chi connectivity index (χ1n) is 8.33. The van der Waals surface area contributed by atoms with Crippen molar-refractivity contribution in [3.05, 3.63) is 0 Å². The lowest BCUT2D eigenvalue weighted by Gasteiger charge is -2.32. The maximum absolute atomic E-state index is 12.6. The van der Waals surface area contributed by atoms with Crippen molar-refractivity contribution in [3.63, 3.8) is 0 Å². The van der Waals surface area contributed by atoms with Gasteiger partial charge in [0.15, 0.2) is 0 Å². The average Bonchev–Trinajstić information content (AvgIpc) is 2.55. The highest BCUT2D eigenvalue weighted by molar-refractivity contribution is 5.92. The number of esters is 1. The van der Waals surface area contributed by atoms with Gasteiger partial charge in [-0.25, -0.2) is 9.59 Å². The molecule has 9 nitrogen and oxygen atoms in total. The molecule has 3 amide bonds. The number of ether oxygens (including phenoxy) is 2. The molecule has 0 rings (SSSR count). The van der Waals surface area contributed by atoms with Gasteiger partial charge in [-0.15, -0.1) is 0 Å². The number of likely N-dealkylation sites (N-methyl/N-ethyl adjacent to an activating group) is 2. The third-order valence-electron chi connectivity index (χ3n) is 3.84. The Bertz CT molecular complexity index is 543. The minimum absolute atomic E-state index is 0.438. The van der Waals surface area contributed by atoms with Gasteiger partial charge in [-0.05, 0) is 41.5 Å². The number of hydrogen-bond acceptors (Lipinski definition) is 6. The van der Waals surface area contributed by atoms with Crippen molar-refractivity contribution in [1.82, 2.24) is 15.1 Å². The number of carbonyl (C=O) groups is 4. The zero-order chi connectivity index (χ0) is 20.8. The maximum Gasteiger partial charge on any atom is 0.410 e. The standard InChI is InChI=1S/C17H31N3O6/c1-10(15(23)25-9)18-13(21)11(2)19(7)14(22)12(3)20(8)16(24)26-17(4,5)6/h10-12H,1-9H3,(H,18,21)/t10-,11-,12+/m1/s1. The molecule has 3 atom stereocenters. The van der Waals surface area contributed by atoms with E-state index in [4.69, 9.17) is 4.74 Å². The molecule has 26 heavy (non-hydrogen) atoms. The summed E-state index contributed by atoms with van der Waals surface area (Å²) in [5.41, 5.74) is -0.683. The molecule has 0 fully saturated rings. The van der Waals surface area contributed by atoms with E-state index >= 15 is 0 Å². The van der Waals surface area contributed by atoms with Gasteiger partial charge in [0.1, 0.15) is 23.7 Å². The Morgan fingerprint density at radius 2 is 1.42 bits per heavy atom. The van der Waals surface area contributed by atoms with Crippen LogP contribution in [-0.4, -0.2) is 78.6 Å². The molecular weight excluding hydrogens is 342 g/mol. The van der Waals surface area contributed by atoms with Gasteiger partial charge >= 0.3 is 12.1 Å². The molecule has 0 saturated heterocycles. The highest BCUT2D eigenvalue weighted by Crippen LogP contribution is 2.12. The van der Waals surface area contributed by atoms with Crippen LogP contribution in [0.5, 0.6) is 0 Å². The fourth-order valence-corrected chi connectivity index (χ4v) is 1.89. The first kappa shape index (κ1) is 23.7. The van der Waals surface area contributed by atoms with Crippen LogP contribution >= 0.6 is 0 Å². The summed E-state index contributed by atoms with van der Waals surface area (Å²) in [7, 11) is 4.13. The normalized spacial score (nSPS) is 14.5. The van der Waals surface area contributed by atoms with Crippen LogP contribution in [0.3, 0.4) is 0 Å². The lowest BCUT2D eigenvalue weighted by molar-refractivity contribution is -0.146. The fourth-order valence-electron chi connectivity index (χ4n) is 1.89. The number of hydrogen-bond donors (Lipinski definition) is 1.